The quantitative estimate of drug-likeness (QED) is 0.554. The van der Waals surface area contributed by atoms with Crippen molar-refractivity contribution >= 4 is 35.0 Å². The number of benzene rings is 1. The van der Waals surface area contributed by atoms with Crippen molar-refractivity contribution in [2.75, 3.05) is 25.6 Å². The number of hydrogen-bond acceptors (Lipinski definition) is 5. The lowest BCUT2D eigenvalue weighted by Gasteiger charge is -2.27. The van der Waals surface area contributed by atoms with Crippen LogP contribution in [0.4, 0.5) is 10.5 Å². The van der Waals surface area contributed by atoms with E-state index < -0.39 is 5.60 Å². The summed E-state index contributed by atoms with van der Waals surface area (Å²) in [4.78, 5) is 30.5. The van der Waals surface area contributed by atoms with Crippen LogP contribution >= 0.6 is 12.2 Å². The third kappa shape index (κ3) is 4.37. The Morgan fingerprint density at radius 2 is 1.90 bits per heavy atom. The van der Waals surface area contributed by atoms with Gasteiger partial charge in [0, 0.05) is 13.6 Å². The van der Waals surface area contributed by atoms with Crippen molar-refractivity contribution in [1.82, 2.24) is 9.80 Å². The van der Waals surface area contributed by atoms with Gasteiger partial charge in [0.2, 0.25) is 0 Å². The molecule has 2 heterocycles. The Bertz CT molecular complexity index is 844. The van der Waals surface area contributed by atoms with Crippen LogP contribution in [0.15, 0.2) is 36.0 Å². The van der Waals surface area contributed by atoms with Crippen molar-refractivity contribution in [3.63, 3.8) is 0 Å². The van der Waals surface area contributed by atoms with Gasteiger partial charge in [-0.25, -0.2) is 4.79 Å². The molecule has 0 N–H and O–H groups in total. The number of likely N-dealkylation sites (tertiary alicyclic amines) is 1. The molecular formula is C21H27N3O4S. The minimum Gasteiger partial charge on any atom is -0.497 e. The van der Waals surface area contributed by atoms with E-state index in [0.717, 1.165) is 12.8 Å². The first-order valence-corrected chi connectivity index (χ1v) is 10.0. The average Bonchev–Trinajstić information content (AvgIpc) is 3.20. The third-order valence-electron chi connectivity index (χ3n) is 4.87. The fraction of sp³-hybridized carbons (Fsp3) is 0.476. The van der Waals surface area contributed by atoms with E-state index >= 15 is 0 Å². The van der Waals surface area contributed by atoms with Crippen molar-refractivity contribution in [3.8, 4) is 5.75 Å². The van der Waals surface area contributed by atoms with Gasteiger partial charge >= 0.3 is 6.09 Å². The second-order valence-corrected chi connectivity index (χ2v) is 8.48. The fourth-order valence-electron chi connectivity index (χ4n) is 3.44. The molecule has 1 aromatic carbocycles. The Balaban J connectivity index is 1.84. The topological polar surface area (TPSA) is 62.3 Å². The van der Waals surface area contributed by atoms with Crippen molar-refractivity contribution in [3.05, 3.63) is 36.0 Å². The molecule has 0 aliphatic carbocycles. The van der Waals surface area contributed by atoms with Crippen LogP contribution in [-0.2, 0) is 9.53 Å². The van der Waals surface area contributed by atoms with E-state index in [-0.39, 0.29) is 18.0 Å². The van der Waals surface area contributed by atoms with Gasteiger partial charge in [-0.3, -0.25) is 9.69 Å². The van der Waals surface area contributed by atoms with E-state index in [4.69, 9.17) is 21.7 Å². The Labute approximate surface area is 176 Å². The van der Waals surface area contributed by atoms with E-state index in [2.05, 4.69) is 0 Å². The standard InChI is InChI=1S/C21H27N3O4S/c1-21(2,3)28-20(26)23-12-6-7-15(23)13-17-18(25)24(19(29)22(17)4)14-8-10-16(27-5)11-9-14/h8-11,13,15H,6-7,12H2,1-5H3/b17-13+. The molecule has 1 atom stereocenters. The van der Waals surface area contributed by atoms with Gasteiger partial charge < -0.3 is 19.3 Å². The molecule has 3 rings (SSSR count). The molecule has 2 aliphatic rings. The molecule has 0 bridgehead atoms. The van der Waals surface area contributed by atoms with Gasteiger partial charge in [0.15, 0.2) is 5.11 Å². The van der Waals surface area contributed by atoms with Gasteiger partial charge in [0.1, 0.15) is 17.0 Å². The maximum atomic E-state index is 13.1. The number of carbonyl (C=O) groups is 2. The number of rotatable bonds is 3. The van der Waals surface area contributed by atoms with Crippen LogP contribution in [0.3, 0.4) is 0 Å². The number of thiocarbonyl (C=S) groups is 1. The lowest BCUT2D eigenvalue weighted by molar-refractivity contribution is -0.114. The number of methoxy groups -OCH3 is 1. The maximum Gasteiger partial charge on any atom is 0.410 e. The Morgan fingerprint density at radius 1 is 1.24 bits per heavy atom. The van der Waals surface area contributed by atoms with Crippen molar-refractivity contribution in [1.29, 1.82) is 0 Å². The first-order valence-electron chi connectivity index (χ1n) is 9.60. The zero-order valence-corrected chi connectivity index (χ0v) is 18.3. The summed E-state index contributed by atoms with van der Waals surface area (Å²) < 4.78 is 10.7. The number of anilines is 1. The molecule has 2 saturated heterocycles. The largest absolute Gasteiger partial charge is 0.497 e. The predicted octanol–water partition coefficient (Wildman–Crippen LogP) is 3.54. The number of hydrogen-bond donors (Lipinski definition) is 0. The molecule has 0 saturated carbocycles. The van der Waals surface area contributed by atoms with E-state index in [9.17, 15) is 9.59 Å². The Hall–Kier alpha value is -2.61. The lowest BCUT2D eigenvalue weighted by atomic mass is 10.1. The highest BCUT2D eigenvalue weighted by Crippen LogP contribution is 2.30. The molecule has 29 heavy (non-hydrogen) atoms. The van der Waals surface area contributed by atoms with Crippen LogP contribution in [0.5, 0.6) is 5.75 Å². The smallest absolute Gasteiger partial charge is 0.410 e. The highest BCUT2D eigenvalue weighted by Gasteiger charge is 2.39. The molecule has 1 aromatic rings. The molecule has 1 unspecified atom stereocenters. The first-order chi connectivity index (χ1) is 13.6. The monoisotopic (exact) mass is 417 g/mol. The van der Waals surface area contributed by atoms with Crippen molar-refractivity contribution in [2.45, 2.75) is 45.3 Å². The zero-order valence-electron chi connectivity index (χ0n) is 17.5. The molecule has 0 radical (unpaired) electrons. The SMILES string of the molecule is COc1ccc(N2C(=O)/C(=C\C3CCCN3C(=O)OC(C)(C)C)N(C)C2=S)cc1. The summed E-state index contributed by atoms with van der Waals surface area (Å²) >= 11 is 5.51. The third-order valence-corrected chi connectivity index (χ3v) is 5.33. The molecule has 7 nitrogen and oxygen atoms in total. The molecule has 2 aliphatic heterocycles. The average molecular weight is 418 g/mol. The van der Waals surface area contributed by atoms with Gasteiger partial charge in [-0.15, -0.1) is 0 Å². The molecule has 0 spiro atoms. The zero-order chi connectivity index (χ0) is 21.3. The summed E-state index contributed by atoms with van der Waals surface area (Å²) in [5, 5.41) is 0.397. The van der Waals surface area contributed by atoms with Gasteiger partial charge in [0.05, 0.1) is 18.8 Å². The van der Waals surface area contributed by atoms with Crippen LogP contribution in [0, 0.1) is 0 Å². The van der Waals surface area contributed by atoms with Crippen molar-refractivity contribution < 1.29 is 19.1 Å². The fourth-order valence-corrected chi connectivity index (χ4v) is 3.72. The van der Waals surface area contributed by atoms with Gasteiger partial charge in [-0.05, 0) is 76.2 Å². The highest BCUT2D eigenvalue weighted by molar-refractivity contribution is 7.80. The van der Waals surface area contributed by atoms with Crippen molar-refractivity contribution in [2.24, 2.45) is 0 Å². The van der Waals surface area contributed by atoms with Crippen LogP contribution in [0.2, 0.25) is 0 Å². The molecule has 0 aromatic heterocycles. The minimum atomic E-state index is -0.565. The summed E-state index contributed by atoms with van der Waals surface area (Å²) in [6, 6.07) is 6.96. The molecule has 8 heteroatoms. The Morgan fingerprint density at radius 3 is 2.48 bits per heavy atom. The molecule has 156 valence electrons. The number of likely N-dealkylation sites (N-methyl/N-ethyl adjacent to an activating group) is 1. The van der Waals surface area contributed by atoms with Crippen LogP contribution in [0.1, 0.15) is 33.6 Å². The first kappa shape index (κ1) is 21.1. The van der Waals surface area contributed by atoms with Crippen LogP contribution < -0.4 is 9.64 Å². The molecular weight excluding hydrogens is 390 g/mol. The summed E-state index contributed by atoms with van der Waals surface area (Å²) in [7, 11) is 3.36. The summed E-state index contributed by atoms with van der Waals surface area (Å²) in [5.41, 5.74) is 0.571. The van der Waals surface area contributed by atoms with Gasteiger partial charge in [0.25, 0.3) is 5.91 Å². The number of amides is 2. The highest BCUT2D eigenvalue weighted by atomic mass is 32.1. The number of nitrogens with zero attached hydrogens (tertiary/aromatic N) is 3. The number of ether oxygens (including phenoxy) is 2. The second kappa shape index (κ2) is 8.02. The predicted molar refractivity (Wildman–Crippen MR) is 115 cm³/mol. The molecule has 2 fully saturated rings. The van der Waals surface area contributed by atoms with Crippen LogP contribution in [-0.4, -0.2) is 59.3 Å². The van der Waals surface area contributed by atoms with Crippen LogP contribution in [0.25, 0.3) is 0 Å². The maximum absolute atomic E-state index is 13.1. The van der Waals surface area contributed by atoms with E-state index in [1.54, 1.807) is 48.2 Å². The minimum absolute atomic E-state index is 0.204. The Kier molecular flexibility index (Phi) is 5.84. The van der Waals surface area contributed by atoms with Gasteiger partial charge in [-0.2, -0.15) is 0 Å². The second-order valence-electron chi connectivity index (χ2n) is 8.12. The normalized spacial score (nSPS) is 21.3. The molecule has 2 amide bonds. The number of carbonyl (C=O) groups excluding carboxylic acids is 2. The van der Waals surface area contributed by atoms with Gasteiger partial charge in [-0.1, -0.05) is 0 Å². The summed E-state index contributed by atoms with van der Waals surface area (Å²) in [6.45, 7) is 6.13. The van der Waals surface area contributed by atoms with E-state index in [0.29, 0.717) is 28.8 Å². The lowest BCUT2D eigenvalue weighted by Crippen LogP contribution is -2.39. The summed E-state index contributed by atoms with van der Waals surface area (Å²) in [6.07, 6.45) is 3.10. The van der Waals surface area contributed by atoms with E-state index in [1.807, 2.05) is 26.8 Å². The van der Waals surface area contributed by atoms with E-state index in [1.165, 1.54) is 4.90 Å². The summed E-state index contributed by atoms with van der Waals surface area (Å²) in [5.74, 6) is 0.494.